The lowest BCUT2D eigenvalue weighted by Crippen LogP contribution is -2.29. The van der Waals surface area contributed by atoms with Gasteiger partial charge in [-0.1, -0.05) is 0 Å². The van der Waals surface area contributed by atoms with Gasteiger partial charge in [-0.3, -0.25) is 13.9 Å². The maximum atomic E-state index is 12.2. The van der Waals surface area contributed by atoms with E-state index in [1.165, 1.54) is 0 Å². The number of halogens is 2. The summed E-state index contributed by atoms with van der Waals surface area (Å²) in [6.07, 6.45) is 0. The summed E-state index contributed by atoms with van der Waals surface area (Å²) in [7, 11) is -3.31. The van der Waals surface area contributed by atoms with Gasteiger partial charge in [0.05, 0.1) is 5.41 Å². The molecule has 9 heteroatoms. The summed E-state index contributed by atoms with van der Waals surface area (Å²) in [6, 6.07) is 0. The number of hydrogen-bond acceptors (Lipinski definition) is 4. The fraction of sp³-hybridized carbons (Fsp3) is 0.900. The molecule has 0 radical (unpaired) electrons. The third-order valence-corrected chi connectivity index (χ3v) is 3.99. The number of alkyl halides is 2. The molecule has 6 nitrogen and oxygen atoms in total. The van der Waals surface area contributed by atoms with Crippen molar-refractivity contribution in [2.45, 2.75) is 20.8 Å². The summed E-state index contributed by atoms with van der Waals surface area (Å²) in [6.45, 7) is 5.33. The number of rotatable bonds is 9. The molecule has 0 heterocycles. The van der Waals surface area contributed by atoms with Gasteiger partial charge in [-0.2, -0.15) is 0 Å². The van der Waals surface area contributed by atoms with Crippen LogP contribution >= 0.6 is 30.9 Å². The van der Waals surface area contributed by atoms with E-state index in [0.29, 0.717) is 13.1 Å². The summed E-state index contributed by atoms with van der Waals surface area (Å²) in [5.41, 5.74) is -0.638. The second kappa shape index (κ2) is 9.16. The van der Waals surface area contributed by atoms with Crippen LogP contribution in [0.3, 0.4) is 0 Å². The molecule has 0 fully saturated rings. The molecule has 0 saturated carbocycles. The van der Waals surface area contributed by atoms with Crippen LogP contribution in [-0.2, 0) is 18.6 Å². The van der Waals surface area contributed by atoms with E-state index < -0.39 is 25.8 Å². The van der Waals surface area contributed by atoms with Crippen LogP contribution in [0.2, 0.25) is 0 Å². The van der Waals surface area contributed by atoms with Crippen LogP contribution in [0.4, 0.5) is 0 Å². The van der Waals surface area contributed by atoms with Crippen LogP contribution in [-0.4, -0.2) is 37.6 Å². The highest BCUT2D eigenvalue weighted by Gasteiger charge is 2.26. The van der Waals surface area contributed by atoms with E-state index in [9.17, 15) is 9.36 Å². The summed E-state index contributed by atoms with van der Waals surface area (Å²) in [5.74, 6) is 0.115. The lowest BCUT2D eigenvalue weighted by molar-refractivity contribution is -0.159. The van der Waals surface area contributed by atoms with Crippen LogP contribution in [0.15, 0.2) is 0 Å². The molecule has 0 aliphatic heterocycles. The maximum absolute atomic E-state index is 12.2. The zero-order chi connectivity index (χ0) is 14.9. The molecule has 0 aliphatic rings. The van der Waals surface area contributed by atoms with Gasteiger partial charge in [0, 0.05) is 24.8 Å². The Bertz CT molecular complexity index is 311. The SMILES string of the molecule is CC(C)(C)C(=O)OCOP(=O)(NCCCl)NCCCl. The van der Waals surface area contributed by atoms with Gasteiger partial charge in [0.25, 0.3) is 0 Å². The molecule has 19 heavy (non-hydrogen) atoms. The van der Waals surface area contributed by atoms with Crippen molar-refractivity contribution >= 4 is 36.8 Å². The summed E-state index contributed by atoms with van der Waals surface area (Å²) < 4.78 is 22.2. The van der Waals surface area contributed by atoms with Gasteiger partial charge < -0.3 is 4.74 Å². The molecule has 0 rings (SSSR count). The summed E-state index contributed by atoms with van der Waals surface area (Å²) >= 11 is 11.0. The summed E-state index contributed by atoms with van der Waals surface area (Å²) in [4.78, 5) is 11.5. The van der Waals surface area contributed by atoms with Gasteiger partial charge in [-0.05, 0) is 20.8 Å². The molecular weight excluding hydrogens is 314 g/mol. The van der Waals surface area contributed by atoms with Crippen LogP contribution in [0.1, 0.15) is 20.8 Å². The smallest absolute Gasteiger partial charge is 0.343 e. The van der Waals surface area contributed by atoms with Crippen molar-refractivity contribution in [2.75, 3.05) is 31.6 Å². The second-order valence-electron chi connectivity index (χ2n) is 4.67. The van der Waals surface area contributed by atoms with E-state index in [4.69, 9.17) is 32.5 Å². The Labute approximate surface area is 124 Å². The molecule has 0 aromatic heterocycles. The summed E-state index contributed by atoms with van der Waals surface area (Å²) in [5, 5.41) is 5.27. The minimum absolute atomic E-state index is 0.275. The molecular formula is C10H21Cl2N2O4P. The van der Waals surface area contributed by atoms with Gasteiger partial charge in [-0.25, -0.2) is 10.2 Å². The van der Waals surface area contributed by atoms with Crippen LogP contribution in [0.25, 0.3) is 0 Å². The van der Waals surface area contributed by atoms with E-state index in [1.54, 1.807) is 20.8 Å². The van der Waals surface area contributed by atoms with Crippen molar-refractivity contribution in [1.29, 1.82) is 0 Å². The van der Waals surface area contributed by atoms with Crippen molar-refractivity contribution in [3.63, 3.8) is 0 Å². The zero-order valence-corrected chi connectivity index (χ0v) is 13.8. The van der Waals surface area contributed by atoms with E-state index in [-0.39, 0.29) is 11.8 Å². The molecule has 2 N–H and O–H groups in total. The van der Waals surface area contributed by atoms with Crippen molar-refractivity contribution < 1.29 is 18.6 Å². The average molecular weight is 335 g/mol. The lowest BCUT2D eigenvalue weighted by Gasteiger charge is -2.21. The molecule has 0 bridgehead atoms. The maximum Gasteiger partial charge on any atom is 0.343 e. The molecule has 0 saturated heterocycles. The average Bonchev–Trinajstić information content (AvgIpc) is 2.33. The zero-order valence-electron chi connectivity index (χ0n) is 11.4. The van der Waals surface area contributed by atoms with Crippen molar-refractivity contribution in [3.8, 4) is 0 Å². The molecule has 0 aromatic carbocycles. The van der Waals surface area contributed by atoms with Crippen molar-refractivity contribution in [2.24, 2.45) is 5.41 Å². The predicted octanol–water partition coefficient (Wildman–Crippen LogP) is 2.31. The molecule has 0 aromatic rings. The Hall–Kier alpha value is 0.160. The lowest BCUT2D eigenvalue weighted by atomic mass is 9.98. The van der Waals surface area contributed by atoms with E-state index >= 15 is 0 Å². The normalized spacial score (nSPS) is 12.5. The first-order chi connectivity index (χ1) is 8.75. The van der Waals surface area contributed by atoms with Crippen LogP contribution in [0, 0.1) is 5.41 Å². The highest BCUT2D eigenvalue weighted by Crippen LogP contribution is 2.36. The van der Waals surface area contributed by atoms with E-state index in [0.717, 1.165) is 0 Å². The number of carbonyl (C=O) groups is 1. The quantitative estimate of drug-likeness (QED) is 0.291. The Balaban J connectivity index is 4.26. The first-order valence-corrected chi connectivity index (χ1v) is 8.48. The topological polar surface area (TPSA) is 76.7 Å². The Morgan fingerprint density at radius 2 is 1.63 bits per heavy atom. The van der Waals surface area contributed by atoms with Gasteiger partial charge in [0.15, 0.2) is 0 Å². The first kappa shape index (κ1) is 19.2. The van der Waals surface area contributed by atoms with Gasteiger partial charge in [0.1, 0.15) is 0 Å². The predicted molar refractivity (Wildman–Crippen MR) is 76.6 cm³/mol. The van der Waals surface area contributed by atoms with Gasteiger partial charge in [0.2, 0.25) is 6.79 Å². The number of ether oxygens (including phenoxy) is 1. The number of esters is 1. The van der Waals surface area contributed by atoms with Crippen molar-refractivity contribution in [3.05, 3.63) is 0 Å². The molecule has 0 unspecified atom stereocenters. The van der Waals surface area contributed by atoms with Crippen LogP contribution in [0.5, 0.6) is 0 Å². The molecule has 0 aliphatic carbocycles. The first-order valence-electron chi connectivity index (χ1n) is 5.79. The van der Waals surface area contributed by atoms with Gasteiger partial charge in [-0.15, -0.1) is 23.2 Å². The second-order valence-corrected chi connectivity index (χ2v) is 7.42. The standard InChI is InChI=1S/C10H21Cl2N2O4P/c1-10(2,3)9(15)17-8-18-19(16,13-6-4-11)14-7-5-12/h4-8H2,1-3H3,(H2,13,14,16). The highest BCUT2D eigenvalue weighted by atomic mass is 35.5. The minimum Gasteiger partial charge on any atom is -0.438 e. The van der Waals surface area contributed by atoms with E-state index in [1.807, 2.05) is 0 Å². The number of nitrogens with one attached hydrogen (secondary N) is 2. The van der Waals surface area contributed by atoms with Gasteiger partial charge >= 0.3 is 13.6 Å². The molecule has 114 valence electrons. The highest BCUT2D eigenvalue weighted by molar-refractivity contribution is 7.54. The molecule has 0 amide bonds. The van der Waals surface area contributed by atoms with E-state index in [2.05, 4.69) is 10.2 Å². The van der Waals surface area contributed by atoms with Crippen LogP contribution < -0.4 is 10.2 Å². The third-order valence-electron chi connectivity index (χ3n) is 1.87. The van der Waals surface area contributed by atoms with Crippen molar-refractivity contribution in [1.82, 2.24) is 10.2 Å². The fourth-order valence-corrected chi connectivity index (χ4v) is 2.66. The number of hydrogen-bond donors (Lipinski definition) is 2. The Kier molecular flexibility index (Phi) is 9.24. The number of carbonyl (C=O) groups excluding carboxylic acids is 1. The third kappa shape index (κ3) is 8.84. The minimum atomic E-state index is -3.31. The Morgan fingerprint density at radius 1 is 1.16 bits per heavy atom. The molecule has 0 atom stereocenters. The fourth-order valence-electron chi connectivity index (χ4n) is 0.897. The monoisotopic (exact) mass is 334 g/mol. The Morgan fingerprint density at radius 3 is 2.00 bits per heavy atom. The largest absolute Gasteiger partial charge is 0.438 e. The molecule has 0 spiro atoms.